The molecule has 1 saturated heterocycles. The average Bonchev–Trinajstić information content (AvgIpc) is 2.92. The van der Waals surface area contributed by atoms with Gasteiger partial charge in [0.15, 0.2) is 0 Å². The van der Waals surface area contributed by atoms with Gasteiger partial charge in [-0.15, -0.1) is 24.8 Å². The van der Waals surface area contributed by atoms with Crippen molar-refractivity contribution in [3.05, 3.63) is 42.0 Å². The van der Waals surface area contributed by atoms with E-state index in [1.807, 2.05) is 6.07 Å². The number of β-amino-alcohol motifs (C(OH)–C–C–N with tert-alkyl or cyclic N) is 1. The van der Waals surface area contributed by atoms with Crippen molar-refractivity contribution in [2.24, 2.45) is 0 Å². The van der Waals surface area contributed by atoms with Gasteiger partial charge in [0.25, 0.3) is 0 Å². The van der Waals surface area contributed by atoms with Gasteiger partial charge in [-0.05, 0) is 31.5 Å². The number of rotatable bonds is 8. The van der Waals surface area contributed by atoms with E-state index in [4.69, 9.17) is 0 Å². The summed E-state index contributed by atoms with van der Waals surface area (Å²) in [6.07, 6.45) is 7.60. The monoisotopic (exact) mass is 360 g/mol. The van der Waals surface area contributed by atoms with E-state index in [0.717, 1.165) is 39.1 Å². The third-order valence-corrected chi connectivity index (χ3v) is 4.04. The lowest BCUT2D eigenvalue weighted by molar-refractivity contribution is 0.0239. The number of unbranched alkanes of at least 4 members (excludes halogenated alkanes) is 1. The van der Waals surface area contributed by atoms with Crippen LogP contribution in [0.3, 0.4) is 0 Å². The molecule has 1 unspecified atom stereocenters. The van der Waals surface area contributed by atoms with Crippen molar-refractivity contribution >= 4 is 30.9 Å². The van der Waals surface area contributed by atoms with Gasteiger partial charge in [-0.1, -0.05) is 55.8 Å². The maximum absolute atomic E-state index is 10.5. The Labute approximate surface area is 153 Å². The van der Waals surface area contributed by atoms with Crippen LogP contribution in [0.15, 0.2) is 36.4 Å². The van der Waals surface area contributed by atoms with Gasteiger partial charge in [-0.25, -0.2) is 0 Å². The molecule has 2 rings (SSSR count). The highest BCUT2D eigenvalue weighted by Crippen LogP contribution is 2.16. The lowest BCUT2D eigenvalue weighted by Crippen LogP contribution is -2.45. The molecular weight excluding hydrogens is 331 g/mol. The molecule has 0 amide bonds. The molecule has 1 aliphatic heterocycles. The minimum absolute atomic E-state index is 0. The molecule has 1 aliphatic rings. The fraction of sp³-hybridized carbons (Fsp3) is 0.556. The highest BCUT2D eigenvalue weighted by atomic mass is 35.5. The number of aliphatic hydroxyl groups is 1. The van der Waals surface area contributed by atoms with Crippen LogP contribution in [-0.4, -0.2) is 48.3 Å². The fourth-order valence-electron chi connectivity index (χ4n) is 2.80. The normalized spacial score (nSPS) is 20.5. The zero-order valence-electron chi connectivity index (χ0n) is 13.9. The number of benzene rings is 1. The quantitative estimate of drug-likeness (QED) is 0.745. The van der Waals surface area contributed by atoms with Crippen LogP contribution >= 0.6 is 24.8 Å². The standard InChI is InChI=1S/C18H28N2O.2ClH/c1-2-3-13-20(16-18(21)11-12-19-15-18)14-7-10-17-8-5-4-6-9-17;;/h4-10,19,21H,2-3,11-16H2,1H3;2*1H/b10-7+;;. The van der Waals surface area contributed by atoms with Gasteiger partial charge >= 0.3 is 0 Å². The second-order valence-corrected chi connectivity index (χ2v) is 6.05. The molecule has 1 heterocycles. The third-order valence-electron chi connectivity index (χ3n) is 4.04. The lowest BCUT2D eigenvalue weighted by Gasteiger charge is -2.30. The summed E-state index contributed by atoms with van der Waals surface area (Å²) in [6.45, 7) is 6.58. The Kier molecular flexibility index (Phi) is 11.6. The second-order valence-electron chi connectivity index (χ2n) is 6.05. The predicted octanol–water partition coefficient (Wildman–Crippen LogP) is 3.37. The van der Waals surface area contributed by atoms with Crippen molar-refractivity contribution in [2.45, 2.75) is 31.8 Å². The van der Waals surface area contributed by atoms with Crippen LogP contribution in [0.4, 0.5) is 0 Å². The molecule has 1 fully saturated rings. The van der Waals surface area contributed by atoms with Gasteiger partial charge in [0.05, 0.1) is 5.60 Å². The van der Waals surface area contributed by atoms with Crippen LogP contribution in [0.25, 0.3) is 6.08 Å². The molecule has 1 aromatic rings. The summed E-state index contributed by atoms with van der Waals surface area (Å²) in [6, 6.07) is 10.4. The topological polar surface area (TPSA) is 35.5 Å². The van der Waals surface area contributed by atoms with Gasteiger partial charge in [-0.2, -0.15) is 0 Å². The van der Waals surface area contributed by atoms with Crippen molar-refractivity contribution in [2.75, 3.05) is 32.7 Å². The molecule has 0 saturated carbocycles. The molecule has 23 heavy (non-hydrogen) atoms. The van der Waals surface area contributed by atoms with E-state index in [-0.39, 0.29) is 24.8 Å². The van der Waals surface area contributed by atoms with Crippen LogP contribution in [0.2, 0.25) is 0 Å². The van der Waals surface area contributed by atoms with Gasteiger partial charge in [0.2, 0.25) is 0 Å². The minimum atomic E-state index is -0.547. The molecule has 3 nitrogen and oxygen atoms in total. The Bertz CT molecular complexity index is 434. The lowest BCUT2D eigenvalue weighted by atomic mass is 10.0. The predicted molar refractivity (Wildman–Crippen MR) is 104 cm³/mol. The van der Waals surface area contributed by atoms with Crippen LogP contribution in [0.5, 0.6) is 0 Å². The van der Waals surface area contributed by atoms with Crippen LogP contribution < -0.4 is 5.32 Å². The van der Waals surface area contributed by atoms with Gasteiger partial charge in [0.1, 0.15) is 0 Å². The zero-order chi connectivity index (χ0) is 15.0. The Morgan fingerprint density at radius 2 is 2.00 bits per heavy atom. The fourth-order valence-corrected chi connectivity index (χ4v) is 2.80. The molecule has 0 bridgehead atoms. The Hall–Kier alpha value is -0.580. The first kappa shape index (κ1) is 22.4. The maximum Gasteiger partial charge on any atom is 0.0909 e. The molecular formula is C18H30Cl2N2O. The zero-order valence-corrected chi connectivity index (χ0v) is 15.5. The summed E-state index contributed by atoms with van der Waals surface area (Å²) in [7, 11) is 0. The van der Waals surface area contributed by atoms with Crippen molar-refractivity contribution in [1.82, 2.24) is 10.2 Å². The van der Waals surface area contributed by atoms with E-state index in [2.05, 4.69) is 53.6 Å². The van der Waals surface area contributed by atoms with E-state index < -0.39 is 5.60 Å². The molecule has 0 aliphatic carbocycles. The molecule has 1 aromatic carbocycles. The van der Waals surface area contributed by atoms with E-state index in [9.17, 15) is 5.11 Å². The SMILES string of the molecule is CCCCN(C/C=C/c1ccccc1)CC1(O)CCNC1.Cl.Cl. The van der Waals surface area contributed by atoms with Crippen molar-refractivity contribution < 1.29 is 5.11 Å². The average molecular weight is 361 g/mol. The highest BCUT2D eigenvalue weighted by Gasteiger charge is 2.32. The van der Waals surface area contributed by atoms with Crippen LogP contribution in [-0.2, 0) is 0 Å². The number of nitrogens with one attached hydrogen (secondary N) is 1. The van der Waals surface area contributed by atoms with E-state index in [1.165, 1.54) is 18.4 Å². The number of hydrogen-bond acceptors (Lipinski definition) is 3. The number of halogens is 2. The summed E-state index contributed by atoms with van der Waals surface area (Å²) in [4.78, 5) is 2.37. The first-order valence-corrected chi connectivity index (χ1v) is 8.09. The minimum Gasteiger partial charge on any atom is -0.387 e. The molecule has 2 N–H and O–H groups in total. The molecule has 0 spiro atoms. The molecule has 0 radical (unpaired) electrons. The Morgan fingerprint density at radius 1 is 1.26 bits per heavy atom. The van der Waals surface area contributed by atoms with Crippen molar-refractivity contribution in [3.8, 4) is 0 Å². The summed E-state index contributed by atoms with van der Waals surface area (Å²) < 4.78 is 0. The summed E-state index contributed by atoms with van der Waals surface area (Å²) in [5.41, 5.74) is 0.683. The second kappa shape index (κ2) is 11.9. The van der Waals surface area contributed by atoms with E-state index >= 15 is 0 Å². The molecule has 0 aromatic heterocycles. The highest BCUT2D eigenvalue weighted by molar-refractivity contribution is 5.85. The van der Waals surface area contributed by atoms with E-state index in [0.29, 0.717) is 0 Å². The Balaban J connectivity index is 0.00000242. The van der Waals surface area contributed by atoms with Crippen molar-refractivity contribution in [1.29, 1.82) is 0 Å². The summed E-state index contributed by atoms with van der Waals surface area (Å²) in [5.74, 6) is 0. The maximum atomic E-state index is 10.5. The van der Waals surface area contributed by atoms with Crippen LogP contribution in [0.1, 0.15) is 31.7 Å². The summed E-state index contributed by atoms with van der Waals surface area (Å²) in [5, 5.41) is 13.8. The van der Waals surface area contributed by atoms with E-state index in [1.54, 1.807) is 0 Å². The van der Waals surface area contributed by atoms with Gasteiger partial charge in [-0.3, -0.25) is 4.90 Å². The first-order chi connectivity index (χ1) is 10.2. The Morgan fingerprint density at radius 3 is 2.61 bits per heavy atom. The summed E-state index contributed by atoms with van der Waals surface area (Å²) >= 11 is 0. The molecule has 5 heteroatoms. The largest absolute Gasteiger partial charge is 0.387 e. The molecule has 1 atom stereocenters. The number of hydrogen-bond donors (Lipinski definition) is 2. The smallest absolute Gasteiger partial charge is 0.0909 e. The van der Waals surface area contributed by atoms with Crippen molar-refractivity contribution in [3.63, 3.8) is 0 Å². The molecule has 132 valence electrons. The third kappa shape index (κ3) is 8.18. The van der Waals surface area contributed by atoms with Gasteiger partial charge < -0.3 is 10.4 Å². The van der Waals surface area contributed by atoms with Crippen LogP contribution in [0, 0.1) is 0 Å². The first-order valence-electron chi connectivity index (χ1n) is 8.09. The number of nitrogens with zero attached hydrogens (tertiary/aromatic N) is 1. The van der Waals surface area contributed by atoms with Gasteiger partial charge in [0, 0.05) is 19.6 Å².